The van der Waals surface area contributed by atoms with Crippen molar-refractivity contribution in [3.8, 4) is 0 Å². The lowest BCUT2D eigenvalue weighted by Gasteiger charge is -2.15. The SMILES string of the molecule is O=C(CC1=CSC2=NCCN12)Nc1ncc(CCN2C(=O)c3ccccc3C2=O)s1. The fraction of sp³-hybridized carbons (Fsp3) is 0.250. The van der Waals surface area contributed by atoms with Gasteiger partial charge >= 0.3 is 0 Å². The molecule has 10 heteroatoms. The van der Waals surface area contributed by atoms with E-state index in [1.807, 2.05) is 5.41 Å². The number of hydrogen-bond donors (Lipinski definition) is 1. The Balaban J connectivity index is 1.16. The molecule has 8 nitrogen and oxygen atoms in total. The predicted molar refractivity (Wildman–Crippen MR) is 116 cm³/mol. The van der Waals surface area contributed by atoms with Crippen LogP contribution in [0.1, 0.15) is 32.0 Å². The quantitative estimate of drug-likeness (QED) is 0.695. The number of anilines is 1. The second-order valence-electron chi connectivity index (χ2n) is 6.96. The van der Waals surface area contributed by atoms with Crippen LogP contribution in [0.25, 0.3) is 0 Å². The third-order valence-electron chi connectivity index (χ3n) is 5.05. The Morgan fingerprint density at radius 1 is 1.17 bits per heavy atom. The van der Waals surface area contributed by atoms with Crippen LogP contribution in [0.15, 0.2) is 46.6 Å². The van der Waals surface area contributed by atoms with Crippen molar-refractivity contribution in [2.75, 3.05) is 25.0 Å². The third-order valence-corrected chi connectivity index (χ3v) is 6.97. The average Bonchev–Trinajstić information content (AvgIpc) is 3.50. The van der Waals surface area contributed by atoms with Crippen LogP contribution >= 0.6 is 23.1 Å². The first-order valence-electron chi connectivity index (χ1n) is 9.47. The Morgan fingerprint density at radius 3 is 2.70 bits per heavy atom. The molecule has 3 aliphatic heterocycles. The fourth-order valence-electron chi connectivity index (χ4n) is 3.59. The van der Waals surface area contributed by atoms with Gasteiger partial charge in [0.1, 0.15) is 0 Å². The highest BCUT2D eigenvalue weighted by Gasteiger charge is 2.34. The van der Waals surface area contributed by atoms with Gasteiger partial charge in [0.25, 0.3) is 11.8 Å². The van der Waals surface area contributed by atoms with Gasteiger partial charge in [0.2, 0.25) is 5.91 Å². The molecule has 1 aromatic carbocycles. The zero-order chi connectivity index (χ0) is 20.7. The number of amidine groups is 1. The van der Waals surface area contributed by atoms with Gasteiger partial charge < -0.3 is 10.2 Å². The molecule has 152 valence electrons. The minimum Gasteiger partial charge on any atom is -0.322 e. The Labute approximate surface area is 180 Å². The summed E-state index contributed by atoms with van der Waals surface area (Å²) in [6, 6.07) is 6.85. The zero-order valence-corrected chi connectivity index (χ0v) is 17.5. The molecular formula is C20H17N5O3S2. The molecule has 4 heterocycles. The Bertz CT molecular complexity index is 1090. The topological polar surface area (TPSA) is 95.0 Å². The van der Waals surface area contributed by atoms with E-state index < -0.39 is 0 Å². The maximum Gasteiger partial charge on any atom is 0.261 e. The molecule has 5 rings (SSSR count). The number of aliphatic imine (C=N–C) groups is 1. The van der Waals surface area contributed by atoms with Gasteiger partial charge in [0.05, 0.1) is 24.1 Å². The van der Waals surface area contributed by atoms with Crippen molar-refractivity contribution in [3.63, 3.8) is 0 Å². The lowest BCUT2D eigenvalue weighted by molar-refractivity contribution is -0.115. The molecule has 2 aromatic rings. The first-order chi connectivity index (χ1) is 14.6. The van der Waals surface area contributed by atoms with Gasteiger partial charge in [0.15, 0.2) is 10.3 Å². The molecule has 3 amide bonds. The lowest BCUT2D eigenvalue weighted by atomic mass is 10.1. The van der Waals surface area contributed by atoms with E-state index in [2.05, 4.69) is 20.2 Å². The zero-order valence-electron chi connectivity index (χ0n) is 15.8. The van der Waals surface area contributed by atoms with Crippen LogP contribution in [-0.2, 0) is 11.2 Å². The number of carbonyl (C=O) groups excluding carboxylic acids is 3. The number of imide groups is 1. The molecule has 0 radical (unpaired) electrons. The highest BCUT2D eigenvalue weighted by atomic mass is 32.2. The minimum atomic E-state index is -0.263. The van der Waals surface area contributed by atoms with Crippen LogP contribution in [0.3, 0.4) is 0 Å². The summed E-state index contributed by atoms with van der Waals surface area (Å²) in [6.07, 6.45) is 2.44. The maximum absolute atomic E-state index is 12.4. The molecule has 30 heavy (non-hydrogen) atoms. The number of amides is 3. The van der Waals surface area contributed by atoms with Gasteiger partial charge in [-0.15, -0.1) is 11.3 Å². The molecule has 0 atom stereocenters. The summed E-state index contributed by atoms with van der Waals surface area (Å²) in [6.45, 7) is 1.87. The molecular weight excluding hydrogens is 422 g/mol. The normalized spacial score (nSPS) is 17.2. The number of rotatable bonds is 6. The van der Waals surface area contributed by atoms with Gasteiger partial charge in [-0.3, -0.25) is 24.3 Å². The third kappa shape index (κ3) is 3.41. The van der Waals surface area contributed by atoms with Crippen molar-refractivity contribution in [3.05, 3.63) is 57.6 Å². The molecule has 0 saturated heterocycles. The van der Waals surface area contributed by atoms with Gasteiger partial charge in [-0.25, -0.2) is 4.98 Å². The maximum atomic E-state index is 12.4. The number of thiazole rings is 1. The van der Waals surface area contributed by atoms with Crippen LogP contribution in [0.5, 0.6) is 0 Å². The Morgan fingerprint density at radius 2 is 1.93 bits per heavy atom. The van der Waals surface area contributed by atoms with E-state index in [0.29, 0.717) is 22.7 Å². The van der Waals surface area contributed by atoms with Crippen molar-refractivity contribution in [2.24, 2.45) is 4.99 Å². The summed E-state index contributed by atoms with van der Waals surface area (Å²) in [7, 11) is 0. The number of aromatic nitrogens is 1. The molecule has 0 spiro atoms. The lowest BCUT2D eigenvalue weighted by Crippen LogP contribution is -2.31. The first-order valence-corrected chi connectivity index (χ1v) is 11.2. The second kappa shape index (κ2) is 7.69. The van der Waals surface area contributed by atoms with Crippen molar-refractivity contribution in [2.45, 2.75) is 12.8 Å². The van der Waals surface area contributed by atoms with E-state index in [-0.39, 0.29) is 30.7 Å². The van der Waals surface area contributed by atoms with E-state index in [1.165, 1.54) is 16.2 Å². The van der Waals surface area contributed by atoms with Crippen LogP contribution in [-0.4, -0.2) is 57.3 Å². The fourth-order valence-corrected chi connectivity index (χ4v) is 5.36. The second-order valence-corrected chi connectivity index (χ2v) is 8.91. The summed E-state index contributed by atoms with van der Waals surface area (Å²) in [5.74, 6) is -0.654. The van der Waals surface area contributed by atoms with Crippen LogP contribution in [0.4, 0.5) is 5.13 Å². The van der Waals surface area contributed by atoms with Crippen LogP contribution < -0.4 is 5.32 Å². The summed E-state index contributed by atoms with van der Waals surface area (Å²) in [4.78, 5) is 50.1. The number of fused-ring (bicyclic) bond motifs is 2. The minimum absolute atomic E-state index is 0.128. The molecule has 1 N–H and O–H groups in total. The van der Waals surface area contributed by atoms with Crippen molar-refractivity contribution in [1.82, 2.24) is 14.8 Å². The van der Waals surface area contributed by atoms with Gasteiger partial charge in [0, 0.05) is 36.3 Å². The Kier molecular flexibility index (Phi) is 4.87. The summed E-state index contributed by atoms with van der Waals surface area (Å²) >= 11 is 2.90. The van der Waals surface area contributed by atoms with Crippen molar-refractivity contribution in [1.29, 1.82) is 0 Å². The molecule has 0 saturated carbocycles. The number of hydrogen-bond acceptors (Lipinski definition) is 8. The highest BCUT2D eigenvalue weighted by molar-refractivity contribution is 8.16. The smallest absolute Gasteiger partial charge is 0.261 e. The first kappa shape index (κ1) is 19.0. The number of nitrogens with zero attached hydrogens (tertiary/aromatic N) is 4. The molecule has 1 aromatic heterocycles. The molecule has 3 aliphatic rings. The summed E-state index contributed by atoms with van der Waals surface area (Å²) < 4.78 is 0. The molecule has 0 bridgehead atoms. The molecule has 0 unspecified atom stereocenters. The van der Waals surface area contributed by atoms with Gasteiger partial charge in [-0.1, -0.05) is 23.9 Å². The number of thioether (sulfide) groups is 1. The van der Waals surface area contributed by atoms with E-state index in [4.69, 9.17) is 0 Å². The van der Waals surface area contributed by atoms with E-state index in [9.17, 15) is 14.4 Å². The highest BCUT2D eigenvalue weighted by Crippen LogP contribution is 2.31. The monoisotopic (exact) mass is 439 g/mol. The van der Waals surface area contributed by atoms with Crippen LogP contribution in [0.2, 0.25) is 0 Å². The van der Waals surface area contributed by atoms with Gasteiger partial charge in [-0.2, -0.15) is 0 Å². The Hall–Kier alpha value is -2.98. The largest absolute Gasteiger partial charge is 0.322 e. The molecule has 0 fully saturated rings. The molecule has 0 aliphatic carbocycles. The predicted octanol–water partition coefficient (Wildman–Crippen LogP) is 2.57. The summed E-state index contributed by atoms with van der Waals surface area (Å²) in [5.41, 5.74) is 1.85. The van der Waals surface area contributed by atoms with Crippen LogP contribution in [0, 0.1) is 0 Å². The van der Waals surface area contributed by atoms with E-state index >= 15 is 0 Å². The van der Waals surface area contributed by atoms with E-state index in [0.717, 1.165) is 28.8 Å². The number of benzene rings is 1. The van der Waals surface area contributed by atoms with Gasteiger partial charge in [-0.05, 0) is 17.5 Å². The van der Waals surface area contributed by atoms with E-state index in [1.54, 1.807) is 42.2 Å². The van der Waals surface area contributed by atoms with Crippen molar-refractivity contribution >= 4 is 51.1 Å². The number of carbonyl (C=O) groups is 3. The summed E-state index contributed by atoms with van der Waals surface area (Å²) in [5, 5.41) is 6.27. The van der Waals surface area contributed by atoms with Crippen molar-refractivity contribution < 1.29 is 14.4 Å². The standard InChI is InChI=1S/C20H17N5O3S2/c26-16(9-12-11-29-20-21-6-8-24(12)20)23-19-22-10-13(30-19)5-7-25-17(27)14-3-1-2-4-15(14)18(25)28/h1-4,10-11H,5-9H2,(H,22,23,26). The number of nitrogens with one attached hydrogen (secondary N) is 1. The average molecular weight is 440 g/mol.